The molecule has 7 heteroatoms. The number of rotatable bonds is 3. The second-order valence-electron chi connectivity index (χ2n) is 3.54. The molecule has 0 aromatic carbocycles. The number of pyridine rings is 1. The van der Waals surface area contributed by atoms with Crippen molar-refractivity contribution in [3.8, 4) is 5.88 Å². The predicted octanol–water partition coefficient (Wildman–Crippen LogP) is 1.66. The van der Waals surface area contributed by atoms with Crippen LogP contribution in [0.1, 0.15) is 12.8 Å². The van der Waals surface area contributed by atoms with Crippen LogP contribution in [0.25, 0.3) is 0 Å². The Labute approximate surface area is 106 Å². The summed E-state index contributed by atoms with van der Waals surface area (Å²) in [6, 6.07) is 2.90. The van der Waals surface area contributed by atoms with Crippen LogP contribution in [0.15, 0.2) is 18.3 Å². The minimum absolute atomic E-state index is 0. The minimum atomic E-state index is -0.494. The van der Waals surface area contributed by atoms with Crippen molar-refractivity contribution in [2.24, 2.45) is 0 Å². The van der Waals surface area contributed by atoms with Crippen molar-refractivity contribution in [2.45, 2.75) is 18.9 Å². The maximum atomic E-state index is 10.7. The van der Waals surface area contributed by atoms with Crippen molar-refractivity contribution in [3.05, 3.63) is 28.4 Å². The average Bonchev–Trinajstić information content (AvgIpc) is 2.31. The Balaban J connectivity index is 0.00000144. The van der Waals surface area contributed by atoms with E-state index in [2.05, 4.69) is 4.98 Å². The first-order valence-electron chi connectivity index (χ1n) is 5.11. The number of nitro groups is 1. The summed E-state index contributed by atoms with van der Waals surface area (Å²) in [5.74, 6) is 0.0722. The molecule has 0 N–H and O–H groups in total. The number of aromatic nitrogens is 1. The highest BCUT2D eigenvalue weighted by Crippen LogP contribution is 2.25. The maximum absolute atomic E-state index is 10.7. The molecular weight excluding hydrogens is 244 g/mol. The molecule has 0 saturated carbocycles. The highest BCUT2D eigenvalue weighted by molar-refractivity contribution is 7.59. The lowest BCUT2D eigenvalue weighted by molar-refractivity contribution is -0.386. The second kappa shape index (κ2) is 6.41. The van der Waals surface area contributed by atoms with Gasteiger partial charge in [-0.1, -0.05) is 0 Å². The van der Waals surface area contributed by atoms with Gasteiger partial charge < -0.3 is 9.47 Å². The van der Waals surface area contributed by atoms with Crippen LogP contribution in [0.4, 0.5) is 5.69 Å². The van der Waals surface area contributed by atoms with E-state index in [1.165, 1.54) is 18.3 Å². The molecule has 2 heterocycles. The van der Waals surface area contributed by atoms with Gasteiger partial charge in [-0.3, -0.25) is 10.1 Å². The molecule has 17 heavy (non-hydrogen) atoms. The second-order valence-corrected chi connectivity index (χ2v) is 3.54. The van der Waals surface area contributed by atoms with E-state index in [0.29, 0.717) is 6.61 Å². The molecule has 6 nitrogen and oxygen atoms in total. The lowest BCUT2D eigenvalue weighted by Gasteiger charge is -2.22. The van der Waals surface area contributed by atoms with Gasteiger partial charge in [-0.05, 0) is 18.9 Å². The van der Waals surface area contributed by atoms with E-state index >= 15 is 0 Å². The number of nitrogens with zero attached hydrogens (tertiary/aromatic N) is 2. The first-order chi connectivity index (χ1) is 7.77. The van der Waals surface area contributed by atoms with Gasteiger partial charge in [0.15, 0.2) is 0 Å². The normalized spacial score (nSPS) is 19.2. The third-order valence-electron chi connectivity index (χ3n) is 2.34. The standard InChI is InChI=1S/C10H12N2O4.H2S/c13-12(14)9-4-1-5-11-10(9)16-8-3-2-6-15-7-8;/h1,4-5,8H,2-3,6-7H2;1H2/t8-;/m0./s1. The fourth-order valence-corrected chi connectivity index (χ4v) is 1.57. The van der Waals surface area contributed by atoms with Gasteiger partial charge in [0.1, 0.15) is 6.10 Å². The summed E-state index contributed by atoms with van der Waals surface area (Å²) >= 11 is 0. The van der Waals surface area contributed by atoms with E-state index < -0.39 is 4.92 Å². The molecule has 1 atom stereocenters. The van der Waals surface area contributed by atoms with Crippen LogP contribution in [-0.2, 0) is 4.74 Å². The molecule has 0 radical (unpaired) electrons. The maximum Gasteiger partial charge on any atom is 0.330 e. The molecule has 1 fully saturated rings. The number of hydrogen-bond acceptors (Lipinski definition) is 5. The van der Waals surface area contributed by atoms with Crippen LogP contribution in [0, 0.1) is 10.1 Å². The summed E-state index contributed by atoms with van der Waals surface area (Å²) in [7, 11) is 0. The summed E-state index contributed by atoms with van der Waals surface area (Å²) in [6.07, 6.45) is 3.09. The van der Waals surface area contributed by atoms with Crippen LogP contribution < -0.4 is 4.74 Å². The van der Waals surface area contributed by atoms with Gasteiger partial charge >= 0.3 is 5.69 Å². The molecular formula is C10H14N2O4S. The molecule has 0 aliphatic carbocycles. The summed E-state index contributed by atoms with van der Waals surface area (Å²) in [5.41, 5.74) is -0.104. The lowest BCUT2D eigenvalue weighted by atomic mass is 10.2. The molecule has 1 aliphatic rings. The first kappa shape index (κ1) is 13.7. The van der Waals surface area contributed by atoms with Gasteiger partial charge in [0, 0.05) is 18.9 Å². The van der Waals surface area contributed by atoms with E-state index in [9.17, 15) is 10.1 Å². The summed E-state index contributed by atoms with van der Waals surface area (Å²) in [6.45, 7) is 1.19. The highest BCUT2D eigenvalue weighted by Gasteiger charge is 2.21. The van der Waals surface area contributed by atoms with Crippen molar-refractivity contribution in [3.63, 3.8) is 0 Å². The third kappa shape index (κ3) is 3.57. The van der Waals surface area contributed by atoms with Crippen molar-refractivity contribution in [1.82, 2.24) is 4.98 Å². The molecule has 0 spiro atoms. The van der Waals surface area contributed by atoms with Crippen molar-refractivity contribution in [2.75, 3.05) is 13.2 Å². The zero-order valence-corrected chi connectivity index (χ0v) is 10.2. The summed E-state index contributed by atoms with van der Waals surface area (Å²) in [5, 5.41) is 10.7. The van der Waals surface area contributed by atoms with Gasteiger partial charge in [0.25, 0.3) is 5.88 Å². The zero-order chi connectivity index (χ0) is 11.4. The SMILES string of the molecule is O=[N+]([O-])c1cccnc1O[C@H]1CCCOC1.S. The third-order valence-corrected chi connectivity index (χ3v) is 2.34. The summed E-state index contributed by atoms with van der Waals surface area (Å²) in [4.78, 5) is 14.1. The van der Waals surface area contributed by atoms with Gasteiger partial charge in [0.2, 0.25) is 0 Å². The van der Waals surface area contributed by atoms with E-state index in [-0.39, 0.29) is 31.2 Å². The van der Waals surface area contributed by atoms with Crippen LogP contribution in [0.2, 0.25) is 0 Å². The van der Waals surface area contributed by atoms with Gasteiger partial charge in [-0.2, -0.15) is 13.5 Å². The molecule has 1 aromatic rings. The summed E-state index contributed by atoms with van der Waals surface area (Å²) < 4.78 is 10.7. The molecule has 0 bridgehead atoms. The molecule has 1 aromatic heterocycles. The van der Waals surface area contributed by atoms with Crippen molar-refractivity contribution < 1.29 is 14.4 Å². The molecule has 2 rings (SSSR count). The lowest BCUT2D eigenvalue weighted by Crippen LogP contribution is -2.28. The predicted molar refractivity (Wildman–Crippen MR) is 65.7 cm³/mol. The van der Waals surface area contributed by atoms with Crippen LogP contribution in [0.5, 0.6) is 5.88 Å². The molecule has 0 amide bonds. The largest absolute Gasteiger partial charge is 0.467 e. The smallest absolute Gasteiger partial charge is 0.330 e. The van der Waals surface area contributed by atoms with Gasteiger partial charge in [-0.25, -0.2) is 4.98 Å². The Bertz CT molecular complexity index is 382. The van der Waals surface area contributed by atoms with Crippen molar-refractivity contribution in [1.29, 1.82) is 0 Å². The quantitative estimate of drug-likeness (QED) is 0.609. The van der Waals surface area contributed by atoms with E-state index in [1.807, 2.05) is 0 Å². The minimum Gasteiger partial charge on any atom is -0.467 e. The molecule has 94 valence electrons. The Morgan fingerprint density at radius 1 is 1.59 bits per heavy atom. The van der Waals surface area contributed by atoms with Crippen molar-refractivity contribution >= 4 is 19.2 Å². The average molecular weight is 258 g/mol. The topological polar surface area (TPSA) is 74.5 Å². The van der Waals surface area contributed by atoms with E-state index in [0.717, 1.165) is 19.4 Å². The van der Waals surface area contributed by atoms with Crippen LogP contribution in [0.3, 0.4) is 0 Å². The van der Waals surface area contributed by atoms with Gasteiger partial charge in [-0.15, -0.1) is 0 Å². The highest BCUT2D eigenvalue weighted by atomic mass is 32.1. The number of hydrogen-bond donors (Lipinski definition) is 0. The molecule has 1 aliphatic heterocycles. The number of ether oxygens (including phenoxy) is 2. The van der Waals surface area contributed by atoms with Crippen LogP contribution >= 0.6 is 13.5 Å². The fourth-order valence-electron chi connectivity index (χ4n) is 1.57. The van der Waals surface area contributed by atoms with E-state index in [4.69, 9.17) is 9.47 Å². The Morgan fingerprint density at radius 3 is 3.06 bits per heavy atom. The fraction of sp³-hybridized carbons (Fsp3) is 0.500. The Hall–Kier alpha value is -1.34. The molecule has 1 saturated heterocycles. The first-order valence-corrected chi connectivity index (χ1v) is 5.11. The Kier molecular flexibility index (Phi) is 5.17. The Morgan fingerprint density at radius 2 is 2.41 bits per heavy atom. The van der Waals surface area contributed by atoms with Crippen LogP contribution in [-0.4, -0.2) is 29.2 Å². The zero-order valence-electron chi connectivity index (χ0n) is 9.17. The monoisotopic (exact) mass is 258 g/mol. The molecule has 0 unspecified atom stereocenters. The van der Waals surface area contributed by atoms with Gasteiger partial charge in [0.05, 0.1) is 11.5 Å². The van der Waals surface area contributed by atoms with E-state index in [1.54, 1.807) is 0 Å².